The van der Waals surface area contributed by atoms with Gasteiger partial charge in [-0.25, -0.2) is 4.57 Å². The molecule has 0 N–H and O–H groups in total. The summed E-state index contributed by atoms with van der Waals surface area (Å²) in [4.78, 5) is 4.13. The fourth-order valence-electron chi connectivity index (χ4n) is 2.16. The Bertz CT molecular complexity index is 642. The van der Waals surface area contributed by atoms with Gasteiger partial charge in [-0.05, 0) is 25.4 Å². The third-order valence-corrected chi connectivity index (χ3v) is 5.41. The molecule has 2 rings (SSSR count). The number of hydrogen-bond acceptors (Lipinski definition) is 1. The minimum atomic E-state index is -2.16. The van der Waals surface area contributed by atoms with Crippen LogP contribution in [0.5, 0.6) is 0 Å². The maximum atomic E-state index is 7.45. The molecule has 0 aliphatic heterocycles. The van der Waals surface area contributed by atoms with E-state index in [0.717, 1.165) is 16.8 Å². The van der Waals surface area contributed by atoms with E-state index in [1.54, 1.807) is 12.3 Å². The lowest BCUT2D eigenvalue weighted by molar-refractivity contribution is -0.659. The Kier molecular flexibility index (Phi) is 2.66. The zero-order valence-electron chi connectivity index (χ0n) is 15.3. The van der Waals surface area contributed by atoms with Crippen LogP contribution in [-0.4, -0.2) is 13.1 Å². The molecule has 0 atom stereocenters. The van der Waals surface area contributed by atoms with Crippen LogP contribution in [0.4, 0.5) is 0 Å². The van der Waals surface area contributed by atoms with Crippen molar-refractivity contribution in [1.29, 1.82) is 0 Å². The molecule has 0 bridgehead atoms. The Labute approximate surface area is 121 Å². The Morgan fingerprint density at radius 3 is 2.53 bits per heavy atom. The summed E-state index contributed by atoms with van der Waals surface area (Å²) in [7, 11) is 0.677. The molecule has 0 aliphatic carbocycles. The lowest BCUT2D eigenvalue weighted by atomic mass is 10.1. The van der Waals surface area contributed by atoms with E-state index < -0.39 is 14.9 Å². The summed E-state index contributed by atoms with van der Waals surface area (Å²) < 4.78 is 24.5. The second-order valence-corrected chi connectivity index (χ2v) is 11.1. The van der Waals surface area contributed by atoms with Gasteiger partial charge in [-0.2, -0.15) is 0 Å². The molecular weight excluding hydrogens is 248 g/mol. The van der Waals surface area contributed by atoms with Gasteiger partial charge in [-0.1, -0.05) is 25.7 Å². The third kappa shape index (κ3) is 2.92. The summed E-state index contributed by atoms with van der Waals surface area (Å²) in [5.41, 5.74) is 3.09. The molecule has 0 aromatic carbocycles. The number of aryl methyl sites for hydroxylation is 3. The highest BCUT2D eigenvalue weighted by Gasteiger charge is 2.21. The second kappa shape index (κ2) is 4.89. The molecule has 0 radical (unpaired) electrons. The maximum Gasteiger partial charge on any atom is 0.214 e. The van der Waals surface area contributed by atoms with Crippen LogP contribution >= 0.6 is 0 Å². The fourth-order valence-corrected chi connectivity index (χ4v) is 3.32. The molecule has 0 fully saturated rings. The van der Waals surface area contributed by atoms with E-state index in [-0.39, 0.29) is 5.69 Å². The minimum Gasteiger partial charge on any atom is -0.261 e. The standard InChI is InChI=1S/C16H23N2Si/c1-12-9-13(2)17-10-15(12)16-8-7-14(11-18(16)3)19(4,5)6/h7-11H,1-6H3/q+1/i2D3. The van der Waals surface area contributed by atoms with Crippen LogP contribution in [0.2, 0.25) is 19.6 Å². The van der Waals surface area contributed by atoms with Gasteiger partial charge in [-0.15, -0.1) is 0 Å². The SMILES string of the molecule is [2H]C([2H])([2H])c1cc(C)c(-c2ccc([Si](C)(C)C)c[n+]2C)cn1. The van der Waals surface area contributed by atoms with Gasteiger partial charge in [0.1, 0.15) is 7.05 Å². The number of rotatable bonds is 2. The molecule has 0 spiro atoms. The van der Waals surface area contributed by atoms with Crippen LogP contribution < -0.4 is 9.75 Å². The summed E-state index contributed by atoms with van der Waals surface area (Å²) in [5, 5.41) is 1.39. The summed E-state index contributed by atoms with van der Waals surface area (Å²) in [5.74, 6) is 0. The maximum absolute atomic E-state index is 7.45. The van der Waals surface area contributed by atoms with Crippen molar-refractivity contribution >= 4 is 13.3 Å². The van der Waals surface area contributed by atoms with E-state index in [1.807, 2.05) is 14.0 Å². The van der Waals surface area contributed by atoms with Crippen LogP contribution in [0.25, 0.3) is 11.3 Å². The molecule has 0 unspecified atom stereocenters. The molecule has 100 valence electrons. The summed E-state index contributed by atoms with van der Waals surface area (Å²) in [6.45, 7) is 6.73. The molecule has 19 heavy (non-hydrogen) atoms. The molecule has 0 saturated carbocycles. The number of aromatic nitrogens is 2. The van der Waals surface area contributed by atoms with E-state index in [1.165, 1.54) is 5.19 Å². The van der Waals surface area contributed by atoms with Gasteiger partial charge in [0.2, 0.25) is 5.69 Å². The predicted molar refractivity (Wildman–Crippen MR) is 83.3 cm³/mol. The first-order valence-corrected chi connectivity index (χ1v) is 9.98. The second-order valence-electron chi connectivity index (χ2n) is 6.05. The Morgan fingerprint density at radius 2 is 2.00 bits per heavy atom. The van der Waals surface area contributed by atoms with E-state index in [2.05, 4.69) is 47.5 Å². The van der Waals surface area contributed by atoms with Crippen molar-refractivity contribution in [3.8, 4) is 11.3 Å². The van der Waals surface area contributed by atoms with Gasteiger partial charge in [-0.3, -0.25) is 4.98 Å². The largest absolute Gasteiger partial charge is 0.261 e. The van der Waals surface area contributed by atoms with Crippen molar-refractivity contribution in [2.24, 2.45) is 7.05 Å². The molecule has 2 aromatic heterocycles. The fraction of sp³-hybridized carbons (Fsp3) is 0.375. The topological polar surface area (TPSA) is 16.8 Å². The van der Waals surface area contributed by atoms with Crippen LogP contribution in [0, 0.1) is 13.8 Å². The van der Waals surface area contributed by atoms with Gasteiger partial charge < -0.3 is 0 Å². The first kappa shape index (κ1) is 10.3. The van der Waals surface area contributed by atoms with Crippen molar-refractivity contribution < 1.29 is 8.68 Å². The highest BCUT2D eigenvalue weighted by molar-refractivity contribution is 6.88. The van der Waals surface area contributed by atoms with E-state index in [4.69, 9.17) is 4.11 Å². The highest BCUT2D eigenvalue weighted by atomic mass is 28.3. The molecule has 0 aliphatic rings. The van der Waals surface area contributed by atoms with E-state index >= 15 is 0 Å². The first-order valence-electron chi connectivity index (χ1n) is 7.98. The minimum absolute atomic E-state index is 0.148. The number of hydrogen-bond donors (Lipinski definition) is 0. The zero-order chi connectivity index (χ0) is 16.7. The van der Waals surface area contributed by atoms with E-state index in [0.29, 0.717) is 0 Å². The third-order valence-electron chi connectivity index (χ3n) is 3.39. The van der Waals surface area contributed by atoms with Crippen LogP contribution in [0.1, 0.15) is 15.4 Å². The molecular formula is C16H23N2Si+. The normalized spacial score (nSPS) is 14.7. The van der Waals surface area contributed by atoms with Crippen molar-refractivity contribution in [2.75, 3.05) is 0 Å². The van der Waals surface area contributed by atoms with Crippen LogP contribution in [0.3, 0.4) is 0 Å². The lowest BCUT2D eigenvalue weighted by Gasteiger charge is -2.15. The average molecular weight is 274 g/mol. The Hall–Kier alpha value is -1.48. The zero-order valence-corrected chi connectivity index (χ0v) is 13.3. The molecule has 0 amide bonds. The van der Waals surface area contributed by atoms with Crippen LogP contribution in [-0.2, 0) is 7.05 Å². The van der Waals surface area contributed by atoms with Crippen molar-refractivity contribution in [3.05, 3.63) is 41.9 Å². The first-order chi connectivity index (χ1) is 10.00. The quantitative estimate of drug-likeness (QED) is 0.608. The predicted octanol–water partition coefficient (Wildman–Crippen LogP) is 2.74. The van der Waals surface area contributed by atoms with Crippen molar-refractivity contribution in [3.63, 3.8) is 0 Å². The molecule has 0 saturated heterocycles. The summed E-state index contributed by atoms with van der Waals surface area (Å²) in [6.07, 6.45) is 3.85. The van der Waals surface area contributed by atoms with Crippen molar-refractivity contribution in [1.82, 2.24) is 4.98 Å². The summed E-state index contributed by atoms with van der Waals surface area (Å²) >= 11 is 0. The summed E-state index contributed by atoms with van der Waals surface area (Å²) in [6, 6.07) is 5.94. The van der Waals surface area contributed by atoms with Crippen molar-refractivity contribution in [2.45, 2.75) is 33.4 Å². The van der Waals surface area contributed by atoms with Gasteiger partial charge in [0, 0.05) is 27.3 Å². The molecule has 2 aromatic rings. The number of pyridine rings is 2. The lowest BCUT2D eigenvalue weighted by Crippen LogP contribution is -2.45. The van der Waals surface area contributed by atoms with Gasteiger partial charge in [0.05, 0.1) is 13.6 Å². The molecule has 2 heterocycles. The Balaban J connectivity index is 2.49. The average Bonchev–Trinajstić information content (AvgIpc) is 2.37. The van der Waals surface area contributed by atoms with Crippen LogP contribution in [0.15, 0.2) is 30.6 Å². The van der Waals surface area contributed by atoms with Gasteiger partial charge in [0.15, 0.2) is 6.20 Å². The van der Waals surface area contributed by atoms with E-state index in [9.17, 15) is 0 Å². The van der Waals surface area contributed by atoms with Gasteiger partial charge in [0.25, 0.3) is 0 Å². The molecule has 2 nitrogen and oxygen atoms in total. The number of nitrogens with zero attached hydrogens (tertiary/aromatic N) is 2. The highest BCUT2D eigenvalue weighted by Crippen LogP contribution is 2.19. The smallest absolute Gasteiger partial charge is 0.214 e. The Morgan fingerprint density at radius 1 is 1.26 bits per heavy atom. The van der Waals surface area contributed by atoms with Gasteiger partial charge >= 0.3 is 0 Å². The monoisotopic (exact) mass is 274 g/mol. The molecule has 3 heteroatoms.